The Bertz CT molecular complexity index is 874. The van der Waals surface area contributed by atoms with Crippen LogP contribution in [0.5, 0.6) is 5.75 Å². The number of likely N-dealkylation sites (N-methyl/N-ethyl adjacent to an activating group) is 1. The van der Waals surface area contributed by atoms with E-state index in [0.29, 0.717) is 18.0 Å². The van der Waals surface area contributed by atoms with Gasteiger partial charge in [0.05, 0.1) is 25.3 Å². The van der Waals surface area contributed by atoms with E-state index in [4.69, 9.17) is 4.74 Å². The summed E-state index contributed by atoms with van der Waals surface area (Å²) < 4.78 is 5.28. The van der Waals surface area contributed by atoms with Crippen molar-refractivity contribution >= 4 is 17.5 Å². The highest BCUT2D eigenvalue weighted by Gasteiger charge is 2.33. The molecule has 2 N–H and O–H groups in total. The number of aromatic nitrogens is 2. The smallest absolute Gasteiger partial charge is 0.230 e. The van der Waals surface area contributed by atoms with Gasteiger partial charge >= 0.3 is 0 Å². The molecule has 2 amide bonds. The van der Waals surface area contributed by atoms with Crippen LogP contribution < -0.4 is 10.1 Å². The van der Waals surface area contributed by atoms with Gasteiger partial charge in [-0.2, -0.15) is 5.10 Å². The maximum atomic E-state index is 13.1. The number of nitrogens with one attached hydrogen (secondary N) is 2. The number of aromatic amines is 1. The molecule has 0 bridgehead atoms. The average molecular weight is 354 g/mol. The Morgan fingerprint density at radius 1 is 1.38 bits per heavy atom. The number of amides is 2. The van der Waals surface area contributed by atoms with Crippen LogP contribution in [0.2, 0.25) is 0 Å². The molecule has 0 radical (unpaired) electrons. The Morgan fingerprint density at radius 2 is 2.23 bits per heavy atom. The van der Waals surface area contributed by atoms with Gasteiger partial charge in [-0.15, -0.1) is 0 Å². The van der Waals surface area contributed by atoms with Crippen LogP contribution in [0.4, 0.5) is 5.69 Å². The third-order valence-electron chi connectivity index (χ3n) is 5.25. The van der Waals surface area contributed by atoms with Gasteiger partial charge < -0.3 is 15.0 Å². The molecule has 2 aliphatic rings. The minimum atomic E-state index is -0.508. The summed E-state index contributed by atoms with van der Waals surface area (Å²) in [7, 11) is 3.36. The monoisotopic (exact) mass is 354 g/mol. The highest BCUT2D eigenvalue weighted by atomic mass is 16.5. The Labute approximate surface area is 151 Å². The summed E-state index contributed by atoms with van der Waals surface area (Å²) in [5.74, 6) is -0.0597. The fraction of sp³-hybridized carbons (Fsp3) is 0.421. The lowest BCUT2D eigenvalue weighted by molar-refractivity contribution is -0.134. The Hall–Kier alpha value is -2.83. The van der Waals surface area contributed by atoms with Crippen molar-refractivity contribution in [3.63, 3.8) is 0 Å². The normalized spacial score (nSPS) is 18.1. The zero-order valence-corrected chi connectivity index (χ0v) is 15.0. The zero-order valence-electron chi connectivity index (χ0n) is 15.0. The number of carbonyl (C=O) groups excluding carboxylic acids is 2. The Balaban J connectivity index is 1.58. The molecule has 0 saturated heterocycles. The molecule has 26 heavy (non-hydrogen) atoms. The van der Waals surface area contributed by atoms with Crippen molar-refractivity contribution in [2.24, 2.45) is 0 Å². The summed E-state index contributed by atoms with van der Waals surface area (Å²) in [6.45, 7) is 0.447. The van der Waals surface area contributed by atoms with Gasteiger partial charge in [-0.3, -0.25) is 14.7 Å². The fourth-order valence-corrected chi connectivity index (χ4v) is 3.87. The number of ether oxygens (including phenoxy) is 1. The molecule has 1 aliphatic heterocycles. The number of carbonyl (C=O) groups is 2. The van der Waals surface area contributed by atoms with Crippen LogP contribution in [-0.4, -0.2) is 41.1 Å². The summed E-state index contributed by atoms with van der Waals surface area (Å²) in [4.78, 5) is 26.8. The first-order valence-electron chi connectivity index (χ1n) is 8.84. The van der Waals surface area contributed by atoms with E-state index in [1.165, 1.54) is 11.3 Å². The van der Waals surface area contributed by atoms with Gasteiger partial charge in [-0.05, 0) is 48.6 Å². The predicted molar refractivity (Wildman–Crippen MR) is 96.1 cm³/mol. The highest BCUT2D eigenvalue weighted by molar-refractivity contribution is 6.01. The second-order valence-corrected chi connectivity index (χ2v) is 6.93. The van der Waals surface area contributed by atoms with Gasteiger partial charge in [-0.25, -0.2) is 0 Å². The van der Waals surface area contributed by atoms with Crippen molar-refractivity contribution in [3.8, 4) is 5.75 Å². The number of H-pyrrole nitrogens is 1. The Kier molecular flexibility index (Phi) is 4.14. The SMILES string of the molecule is COc1ccc2c(c1)[C@@H](C(=O)N(C)Cc1n[nH]c3c1CCC3)CC(=O)N2. The summed E-state index contributed by atoms with van der Waals surface area (Å²) in [5.41, 5.74) is 4.84. The number of hydrogen-bond acceptors (Lipinski definition) is 4. The van der Waals surface area contributed by atoms with Crippen LogP contribution in [0.15, 0.2) is 18.2 Å². The molecule has 2 aromatic rings. The summed E-state index contributed by atoms with van der Waals surface area (Å²) in [6, 6.07) is 5.40. The van der Waals surface area contributed by atoms with Crippen molar-refractivity contribution in [1.29, 1.82) is 0 Å². The van der Waals surface area contributed by atoms with Crippen molar-refractivity contribution in [2.75, 3.05) is 19.5 Å². The molecule has 0 unspecified atom stereocenters. The molecule has 4 rings (SSSR count). The van der Waals surface area contributed by atoms with Gasteiger partial charge in [-0.1, -0.05) is 0 Å². The van der Waals surface area contributed by atoms with E-state index in [0.717, 1.165) is 30.5 Å². The number of benzene rings is 1. The minimum Gasteiger partial charge on any atom is -0.497 e. The van der Waals surface area contributed by atoms with Crippen LogP contribution in [0.1, 0.15) is 41.3 Å². The first kappa shape index (κ1) is 16.6. The number of hydrogen-bond donors (Lipinski definition) is 2. The molecule has 1 aromatic heterocycles. The fourth-order valence-electron chi connectivity index (χ4n) is 3.87. The van der Waals surface area contributed by atoms with Crippen LogP contribution in [-0.2, 0) is 29.0 Å². The number of nitrogens with zero attached hydrogens (tertiary/aromatic N) is 2. The molecule has 0 fully saturated rings. The molecule has 0 spiro atoms. The van der Waals surface area contributed by atoms with Gasteiger partial charge in [0.15, 0.2) is 0 Å². The van der Waals surface area contributed by atoms with E-state index < -0.39 is 5.92 Å². The lowest BCUT2D eigenvalue weighted by atomic mass is 9.89. The summed E-state index contributed by atoms with van der Waals surface area (Å²) >= 11 is 0. The summed E-state index contributed by atoms with van der Waals surface area (Å²) in [5, 5.41) is 10.3. The molecule has 7 heteroatoms. The average Bonchev–Trinajstić information content (AvgIpc) is 3.25. The number of rotatable bonds is 4. The number of anilines is 1. The van der Waals surface area contributed by atoms with Gasteiger partial charge in [0, 0.05) is 24.8 Å². The molecule has 1 aliphatic carbocycles. The zero-order chi connectivity index (χ0) is 18.3. The van der Waals surface area contributed by atoms with Crippen LogP contribution in [0.25, 0.3) is 0 Å². The molecule has 7 nitrogen and oxygen atoms in total. The van der Waals surface area contributed by atoms with Crippen molar-refractivity contribution in [3.05, 3.63) is 40.7 Å². The third-order valence-corrected chi connectivity index (χ3v) is 5.25. The van der Waals surface area contributed by atoms with Gasteiger partial charge in [0.25, 0.3) is 0 Å². The van der Waals surface area contributed by atoms with E-state index >= 15 is 0 Å². The quantitative estimate of drug-likeness (QED) is 0.879. The lowest BCUT2D eigenvalue weighted by Crippen LogP contribution is -2.36. The van der Waals surface area contributed by atoms with E-state index in [2.05, 4.69) is 15.5 Å². The second-order valence-electron chi connectivity index (χ2n) is 6.93. The molecular weight excluding hydrogens is 332 g/mol. The van der Waals surface area contributed by atoms with Gasteiger partial charge in [0.1, 0.15) is 5.75 Å². The molecule has 2 heterocycles. The standard InChI is InChI=1S/C19H22N4O3/c1-23(10-17-12-4-3-5-16(12)21-22-17)19(25)14-9-18(24)20-15-7-6-11(26-2)8-13(14)15/h6-8,14H,3-5,9-10H2,1-2H3,(H,20,24)(H,21,22)/t14-/m0/s1. The minimum absolute atomic E-state index is 0.0795. The molecule has 0 saturated carbocycles. The maximum absolute atomic E-state index is 13.1. The molecule has 1 aromatic carbocycles. The van der Waals surface area contributed by atoms with E-state index in [-0.39, 0.29) is 18.2 Å². The lowest BCUT2D eigenvalue weighted by Gasteiger charge is -2.28. The number of aryl methyl sites for hydroxylation is 1. The molecule has 136 valence electrons. The first-order valence-corrected chi connectivity index (χ1v) is 8.84. The molecular formula is C19H22N4O3. The Morgan fingerprint density at radius 3 is 3.04 bits per heavy atom. The van der Waals surface area contributed by atoms with Gasteiger partial charge in [0.2, 0.25) is 11.8 Å². The van der Waals surface area contributed by atoms with Crippen LogP contribution >= 0.6 is 0 Å². The third kappa shape index (κ3) is 2.83. The highest BCUT2D eigenvalue weighted by Crippen LogP contribution is 2.36. The van der Waals surface area contributed by atoms with E-state index in [1.807, 2.05) is 6.07 Å². The molecule has 1 atom stereocenters. The van der Waals surface area contributed by atoms with Crippen molar-refractivity contribution in [1.82, 2.24) is 15.1 Å². The first-order chi connectivity index (χ1) is 12.6. The maximum Gasteiger partial charge on any atom is 0.230 e. The van der Waals surface area contributed by atoms with Crippen LogP contribution in [0, 0.1) is 0 Å². The van der Waals surface area contributed by atoms with E-state index in [9.17, 15) is 9.59 Å². The van der Waals surface area contributed by atoms with E-state index in [1.54, 1.807) is 31.2 Å². The largest absolute Gasteiger partial charge is 0.497 e. The second kappa shape index (κ2) is 6.48. The topological polar surface area (TPSA) is 87.3 Å². The number of fused-ring (bicyclic) bond motifs is 2. The number of methoxy groups -OCH3 is 1. The van der Waals surface area contributed by atoms with Crippen LogP contribution in [0.3, 0.4) is 0 Å². The van der Waals surface area contributed by atoms with Crippen molar-refractivity contribution in [2.45, 2.75) is 38.1 Å². The van der Waals surface area contributed by atoms with Crippen molar-refractivity contribution < 1.29 is 14.3 Å². The summed E-state index contributed by atoms with van der Waals surface area (Å²) in [6.07, 6.45) is 3.30. The predicted octanol–water partition coefficient (Wildman–Crippen LogP) is 1.99.